The first-order valence-corrected chi connectivity index (χ1v) is 7.42. The summed E-state index contributed by atoms with van der Waals surface area (Å²) in [6.07, 6.45) is 1.53. The maximum Gasteiger partial charge on any atom is 0.222 e. The first kappa shape index (κ1) is 14.6. The predicted molar refractivity (Wildman–Crippen MR) is 85.5 cm³/mol. The average molecular weight is 315 g/mol. The third-order valence-electron chi connectivity index (χ3n) is 4.23. The van der Waals surface area contributed by atoms with Crippen LogP contribution in [0.4, 0.5) is 5.69 Å². The molecule has 1 aromatic heterocycles. The van der Waals surface area contributed by atoms with Gasteiger partial charge in [-0.3, -0.25) is 9.78 Å². The first-order chi connectivity index (χ1) is 10.5. The van der Waals surface area contributed by atoms with E-state index in [0.29, 0.717) is 29.2 Å². The molecule has 22 heavy (non-hydrogen) atoms. The predicted octanol–water partition coefficient (Wildman–Crippen LogP) is 2.32. The van der Waals surface area contributed by atoms with Crippen LogP contribution < -0.4 is 10.6 Å². The second kappa shape index (κ2) is 5.47. The van der Waals surface area contributed by atoms with Gasteiger partial charge in [-0.1, -0.05) is 30.7 Å². The molecule has 1 amide bonds. The molecule has 1 fully saturated rings. The maximum absolute atomic E-state index is 11.6. The molecule has 0 unspecified atom stereocenters. The van der Waals surface area contributed by atoms with Gasteiger partial charge >= 0.3 is 0 Å². The van der Waals surface area contributed by atoms with E-state index in [0.717, 1.165) is 11.1 Å². The van der Waals surface area contributed by atoms with Gasteiger partial charge in [-0.25, -0.2) is 0 Å². The van der Waals surface area contributed by atoms with Crippen LogP contribution in [-0.4, -0.2) is 24.0 Å². The lowest BCUT2D eigenvalue weighted by Crippen LogP contribution is -2.29. The monoisotopic (exact) mass is 314 g/mol. The number of hydrogen-bond acceptors (Lipinski definition) is 4. The Bertz CT molecular complexity index is 799. The number of aromatic nitrogens is 1. The van der Waals surface area contributed by atoms with Gasteiger partial charge in [0.1, 0.15) is 6.07 Å². The van der Waals surface area contributed by atoms with Gasteiger partial charge in [0.15, 0.2) is 0 Å². The maximum atomic E-state index is 11.6. The molecular weight excluding hydrogens is 300 g/mol. The number of nitriles is 1. The van der Waals surface area contributed by atoms with Crippen molar-refractivity contribution in [3.63, 3.8) is 0 Å². The second-order valence-electron chi connectivity index (χ2n) is 5.66. The van der Waals surface area contributed by atoms with Crippen LogP contribution in [0.5, 0.6) is 0 Å². The zero-order chi connectivity index (χ0) is 15.9. The molecule has 3 rings (SSSR count). The minimum absolute atomic E-state index is 0.145. The molecule has 2 heterocycles. The van der Waals surface area contributed by atoms with Crippen LogP contribution in [0.15, 0.2) is 24.4 Å². The molecule has 0 saturated carbocycles. The van der Waals surface area contributed by atoms with E-state index in [1.54, 1.807) is 6.07 Å². The Hall–Kier alpha value is -2.32. The Labute approximate surface area is 133 Å². The topological polar surface area (TPSA) is 83.0 Å². The Balaban J connectivity index is 2.16. The summed E-state index contributed by atoms with van der Waals surface area (Å²) in [5.41, 5.74) is 7.39. The summed E-state index contributed by atoms with van der Waals surface area (Å²) in [6.45, 7) is 3.18. The summed E-state index contributed by atoms with van der Waals surface area (Å²) in [5, 5.41) is 10.8. The Morgan fingerprint density at radius 1 is 1.50 bits per heavy atom. The van der Waals surface area contributed by atoms with Gasteiger partial charge in [-0.05, 0) is 12.0 Å². The van der Waals surface area contributed by atoms with E-state index < -0.39 is 0 Å². The van der Waals surface area contributed by atoms with Crippen LogP contribution in [0.2, 0.25) is 5.02 Å². The molecule has 1 aliphatic heterocycles. The van der Waals surface area contributed by atoms with Crippen LogP contribution in [0.1, 0.15) is 12.5 Å². The van der Waals surface area contributed by atoms with E-state index in [2.05, 4.69) is 11.1 Å². The van der Waals surface area contributed by atoms with E-state index in [1.165, 1.54) is 6.20 Å². The van der Waals surface area contributed by atoms with Crippen molar-refractivity contribution in [2.24, 2.45) is 17.6 Å². The number of carbonyl (C=O) groups is 1. The fraction of sp³-hybridized carbons (Fsp3) is 0.312. The lowest BCUT2D eigenvalue weighted by Gasteiger charge is -2.21. The molecule has 1 saturated heterocycles. The van der Waals surface area contributed by atoms with E-state index in [9.17, 15) is 10.1 Å². The van der Waals surface area contributed by atoms with Crippen molar-refractivity contribution >= 4 is 34.1 Å². The van der Waals surface area contributed by atoms with Crippen molar-refractivity contribution in [3.8, 4) is 6.07 Å². The summed E-state index contributed by atoms with van der Waals surface area (Å²) in [7, 11) is 0. The van der Waals surface area contributed by atoms with Gasteiger partial charge in [0, 0.05) is 24.7 Å². The van der Waals surface area contributed by atoms with Gasteiger partial charge in [-0.2, -0.15) is 5.26 Å². The number of halogens is 1. The number of rotatable bonds is 2. The number of nitrogens with two attached hydrogens (primary N) is 1. The fourth-order valence-electron chi connectivity index (χ4n) is 3.12. The highest BCUT2D eigenvalue weighted by Gasteiger charge is 2.35. The van der Waals surface area contributed by atoms with Crippen molar-refractivity contribution in [1.82, 2.24) is 4.98 Å². The summed E-state index contributed by atoms with van der Waals surface area (Å²) in [4.78, 5) is 17.9. The minimum atomic E-state index is -0.301. The molecule has 0 bridgehead atoms. The zero-order valence-electron chi connectivity index (χ0n) is 12.1. The molecule has 0 spiro atoms. The summed E-state index contributed by atoms with van der Waals surface area (Å²) < 4.78 is 0. The highest BCUT2D eigenvalue weighted by Crippen LogP contribution is 2.36. The number of benzene rings is 1. The van der Waals surface area contributed by atoms with E-state index in [4.69, 9.17) is 17.3 Å². The Kier molecular flexibility index (Phi) is 3.63. The third kappa shape index (κ3) is 2.26. The molecule has 0 aliphatic carbocycles. The molecule has 2 N–H and O–H groups in total. The number of nitrogens with zero attached hydrogens (tertiary/aromatic N) is 3. The average Bonchev–Trinajstić information content (AvgIpc) is 2.88. The van der Waals surface area contributed by atoms with E-state index >= 15 is 0 Å². The van der Waals surface area contributed by atoms with Gasteiger partial charge < -0.3 is 10.6 Å². The van der Waals surface area contributed by atoms with Crippen LogP contribution in [0.3, 0.4) is 0 Å². The Morgan fingerprint density at radius 2 is 2.27 bits per heavy atom. The van der Waals surface area contributed by atoms with E-state index in [-0.39, 0.29) is 17.7 Å². The summed E-state index contributed by atoms with van der Waals surface area (Å²) >= 11 is 6.20. The van der Waals surface area contributed by atoms with Crippen LogP contribution in [0.25, 0.3) is 10.9 Å². The van der Waals surface area contributed by atoms with Crippen molar-refractivity contribution in [2.45, 2.75) is 6.92 Å². The number of primary amides is 1. The molecule has 2 aromatic rings. The fourth-order valence-corrected chi connectivity index (χ4v) is 3.34. The molecule has 6 heteroatoms. The molecule has 1 aromatic carbocycles. The van der Waals surface area contributed by atoms with Gasteiger partial charge in [0.25, 0.3) is 0 Å². The third-order valence-corrected chi connectivity index (χ3v) is 4.54. The zero-order valence-corrected chi connectivity index (χ0v) is 12.8. The molecule has 2 atom stereocenters. The number of fused-ring (bicyclic) bond motifs is 1. The molecule has 112 valence electrons. The van der Waals surface area contributed by atoms with Gasteiger partial charge in [-0.15, -0.1) is 0 Å². The smallest absolute Gasteiger partial charge is 0.222 e. The number of anilines is 1. The summed E-state index contributed by atoms with van der Waals surface area (Å²) in [6, 6.07) is 7.68. The molecule has 0 radical (unpaired) electrons. The van der Waals surface area contributed by atoms with Gasteiger partial charge in [0.05, 0.1) is 27.7 Å². The Morgan fingerprint density at radius 3 is 2.91 bits per heavy atom. The number of pyridine rings is 1. The highest BCUT2D eigenvalue weighted by molar-refractivity contribution is 6.35. The molecule has 1 aliphatic rings. The standard InChI is InChI=1S/C16H15ClN4O/c1-9-7-21(8-12(9)16(19)22)15-10(5-18)6-20-14-11(15)3-2-4-13(14)17/h2-4,6,9,12H,7-8H2,1H3,(H2,19,22)/t9-,12-/m1/s1. The van der Waals surface area contributed by atoms with Crippen molar-refractivity contribution < 1.29 is 4.79 Å². The first-order valence-electron chi connectivity index (χ1n) is 7.04. The van der Waals surface area contributed by atoms with Crippen LogP contribution >= 0.6 is 11.6 Å². The summed E-state index contributed by atoms with van der Waals surface area (Å²) in [5.74, 6) is -0.370. The van der Waals surface area contributed by atoms with E-state index in [1.807, 2.05) is 24.0 Å². The molecular formula is C16H15ClN4O. The SMILES string of the molecule is C[C@@H]1CN(c2c(C#N)cnc3c(Cl)cccc23)C[C@H]1C(N)=O. The van der Waals surface area contributed by atoms with Crippen LogP contribution in [-0.2, 0) is 4.79 Å². The number of carbonyl (C=O) groups excluding carboxylic acids is 1. The normalized spacial score (nSPS) is 21.0. The lowest BCUT2D eigenvalue weighted by molar-refractivity contribution is -0.122. The highest BCUT2D eigenvalue weighted by atomic mass is 35.5. The number of para-hydroxylation sites is 1. The van der Waals surface area contributed by atoms with Crippen LogP contribution in [0, 0.1) is 23.2 Å². The minimum Gasteiger partial charge on any atom is -0.369 e. The van der Waals surface area contributed by atoms with Gasteiger partial charge in [0.2, 0.25) is 5.91 Å². The van der Waals surface area contributed by atoms with Crippen molar-refractivity contribution in [3.05, 3.63) is 35.0 Å². The van der Waals surface area contributed by atoms with Crippen molar-refractivity contribution in [1.29, 1.82) is 5.26 Å². The number of amides is 1. The quantitative estimate of drug-likeness (QED) is 0.922. The van der Waals surface area contributed by atoms with Crippen molar-refractivity contribution in [2.75, 3.05) is 18.0 Å². The molecule has 5 nitrogen and oxygen atoms in total. The second-order valence-corrected chi connectivity index (χ2v) is 6.07. The number of hydrogen-bond donors (Lipinski definition) is 1. The lowest BCUT2D eigenvalue weighted by atomic mass is 9.98. The largest absolute Gasteiger partial charge is 0.369 e.